The Bertz CT molecular complexity index is 986. The molecule has 0 aromatic heterocycles. The number of nitrogens with zero attached hydrogens (tertiary/aromatic N) is 2. The molecular formula is C25H31N3O5. The van der Waals surface area contributed by atoms with Crippen molar-refractivity contribution in [3.05, 3.63) is 41.0 Å². The van der Waals surface area contributed by atoms with Crippen LogP contribution in [0.25, 0.3) is 0 Å². The van der Waals surface area contributed by atoms with Gasteiger partial charge in [0.05, 0.1) is 6.54 Å². The first-order valence-electron chi connectivity index (χ1n) is 11.8. The van der Waals surface area contributed by atoms with E-state index in [9.17, 15) is 19.2 Å². The molecule has 1 fully saturated rings. The Morgan fingerprint density at radius 3 is 2.82 bits per heavy atom. The van der Waals surface area contributed by atoms with E-state index < -0.39 is 11.9 Å². The minimum absolute atomic E-state index is 0.0636. The average molecular weight is 454 g/mol. The molecule has 0 spiro atoms. The summed E-state index contributed by atoms with van der Waals surface area (Å²) in [6.07, 6.45) is 7.90. The van der Waals surface area contributed by atoms with E-state index in [0.717, 1.165) is 38.6 Å². The van der Waals surface area contributed by atoms with Gasteiger partial charge < -0.3 is 14.5 Å². The maximum Gasteiger partial charge on any atom is 0.260 e. The molecule has 8 nitrogen and oxygen atoms in total. The maximum atomic E-state index is 12.9. The summed E-state index contributed by atoms with van der Waals surface area (Å²) in [6, 6.07) is 4.50. The highest BCUT2D eigenvalue weighted by molar-refractivity contribution is 6.05. The Hall–Kier alpha value is -3.16. The summed E-state index contributed by atoms with van der Waals surface area (Å²) in [5.41, 5.74) is 2.65. The molecule has 0 radical (unpaired) electrons. The van der Waals surface area contributed by atoms with Crippen LogP contribution in [0.4, 0.5) is 0 Å². The fourth-order valence-electron chi connectivity index (χ4n) is 4.86. The van der Waals surface area contributed by atoms with E-state index in [0.29, 0.717) is 29.8 Å². The lowest BCUT2D eigenvalue weighted by Gasteiger charge is -2.29. The highest BCUT2D eigenvalue weighted by atomic mass is 16.5. The number of hydrogen-bond acceptors (Lipinski definition) is 5. The van der Waals surface area contributed by atoms with E-state index in [1.54, 1.807) is 18.2 Å². The maximum absolute atomic E-state index is 12.9. The van der Waals surface area contributed by atoms with Gasteiger partial charge in [0.2, 0.25) is 11.8 Å². The number of rotatable bonds is 6. The molecule has 176 valence electrons. The van der Waals surface area contributed by atoms with E-state index in [1.807, 2.05) is 4.90 Å². The highest BCUT2D eigenvalue weighted by Crippen LogP contribution is 2.33. The van der Waals surface area contributed by atoms with Crippen molar-refractivity contribution >= 4 is 23.6 Å². The number of nitrogens with one attached hydrogen (secondary N) is 1. The van der Waals surface area contributed by atoms with Crippen molar-refractivity contribution in [1.82, 2.24) is 15.1 Å². The van der Waals surface area contributed by atoms with E-state index in [-0.39, 0.29) is 37.3 Å². The summed E-state index contributed by atoms with van der Waals surface area (Å²) < 4.78 is 5.88. The van der Waals surface area contributed by atoms with Crippen molar-refractivity contribution in [2.75, 3.05) is 19.7 Å². The topological polar surface area (TPSA) is 96.0 Å². The molecule has 0 saturated carbocycles. The Morgan fingerprint density at radius 2 is 2.03 bits per heavy atom. The van der Waals surface area contributed by atoms with Crippen molar-refractivity contribution in [1.29, 1.82) is 0 Å². The molecule has 1 aromatic carbocycles. The molecule has 4 amide bonds. The minimum atomic E-state index is -0.677. The zero-order chi connectivity index (χ0) is 23.4. The van der Waals surface area contributed by atoms with Crippen LogP contribution in [0.2, 0.25) is 0 Å². The first kappa shape index (κ1) is 23.0. The molecule has 4 rings (SSSR count). The Kier molecular flexibility index (Phi) is 7.11. The number of amides is 4. The van der Waals surface area contributed by atoms with Crippen LogP contribution in [0.1, 0.15) is 67.8 Å². The van der Waals surface area contributed by atoms with Gasteiger partial charge >= 0.3 is 0 Å². The Balaban J connectivity index is 1.38. The van der Waals surface area contributed by atoms with E-state index in [2.05, 4.69) is 18.3 Å². The predicted octanol–water partition coefficient (Wildman–Crippen LogP) is 2.57. The van der Waals surface area contributed by atoms with Gasteiger partial charge in [-0.1, -0.05) is 31.1 Å². The average Bonchev–Trinajstić information content (AvgIpc) is 3.11. The molecule has 1 unspecified atom stereocenters. The van der Waals surface area contributed by atoms with Gasteiger partial charge in [-0.3, -0.25) is 24.5 Å². The lowest BCUT2D eigenvalue weighted by Crippen LogP contribution is -2.52. The van der Waals surface area contributed by atoms with Crippen LogP contribution in [-0.2, 0) is 20.9 Å². The predicted molar refractivity (Wildman–Crippen MR) is 121 cm³/mol. The third-order valence-electron chi connectivity index (χ3n) is 6.57. The van der Waals surface area contributed by atoms with E-state index in [1.165, 1.54) is 10.5 Å². The zero-order valence-corrected chi connectivity index (χ0v) is 19.1. The van der Waals surface area contributed by atoms with Gasteiger partial charge in [-0.2, -0.15) is 0 Å². The van der Waals surface area contributed by atoms with Crippen molar-refractivity contribution in [2.24, 2.45) is 0 Å². The van der Waals surface area contributed by atoms with Crippen LogP contribution in [0, 0.1) is 0 Å². The second-order valence-corrected chi connectivity index (χ2v) is 8.86. The van der Waals surface area contributed by atoms with Crippen molar-refractivity contribution in [3.63, 3.8) is 0 Å². The molecule has 1 atom stereocenters. The summed E-state index contributed by atoms with van der Waals surface area (Å²) in [5.74, 6) is -0.593. The van der Waals surface area contributed by atoms with Crippen LogP contribution in [0.15, 0.2) is 29.8 Å². The van der Waals surface area contributed by atoms with Gasteiger partial charge in [-0.15, -0.1) is 0 Å². The fraction of sp³-hybridized carbons (Fsp3) is 0.520. The molecule has 8 heteroatoms. The first-order valence-corrected chi connectivity index (χ1v) is 11.8. The Morgan fingerprint density at radius 1 is 1.18 bits per heavy atom. The fourth-order valence-corrected chi connectivity index (χ4v) is 4.86. The van der Waals surface area contributed by atoms with Crippen LogP contribution in [-0.4, -0.2) is 59.2 Å². The SMILES string of the molecule is CCC/C1=C\CCN(C(=O)COc2cccc3c2CN(C2CCC(=O)NC2=O)C3=O)CCC1. The van der Waals surface area contributed by atoms with Crippen LogP contribution >= 0.6 is 0 Å². The molecule has 0 aliphatic carbocycles. The largest absolute Gasteiger partial charge is 0.483 e. The van der Waals surface area contributed by atoms with Crippen LogP contribution in [0.5, 0.6) is 5.75 Å². The number of carbonyl (C=O) groups is 4. The summed E-state index contributed by atoms with van der Waals surface area (Å²) in [7, 11) is 0. The standard InChI is InChI=1S/C25H31N3O5/c1-2-6-17-7-4-13-27(14-5-8-17)23(30)16-33-21-10-3-9-18-19(21)15-28(25(18)32)20-11-12-22(29)26-24(20)31/h3,7,9-10,20H,2,4-6,8,11-16H2,1H3,(H,26,29,31)/b17-7+. The molecule has 3 aliphatic rings. The molecular weight excluding hydrogens is 422 g/mol. The molecule has 33 heavy (non-hydrogen) atoms. The molecule has 1 saturated heterocycles. The van der Waals surface area contributed by atoms with Gasteiger partial charge in [0, 0.05) is 30.6 Å². The molecule has 3 heterocycles. The van der Waals surface area contributed by atoms with Crippen molar-refractivity contribution in [3.8, 4) is 5.75 Å². The first-order chi connectivity index (χ1) is 16.0. The molecule has 3 aliphatic heterocycles. The van der Waals surface area contributed by atoms with Gasteiger partial charge in [-0.25, -0.2) is 0 Å². The van der Waals surface area contributed by atoms with Crippen LogP contribution in [0.3, 0.4) is 0 Å². The quantitative estimate of drug-likeness (QED) is 0.528. The van der Waals surface area contributed by atoms with E-state index >= 15 is 0 Å². The number of imide groups is 1. The smallest absolute Gasteiger partial charge is 0.260 e. The summed E-state index contributed by atoms with van der Waals surface area (Å²) >= 11 is 0. The zero-order valence-electron chi connectivity index (χ0n) is 19.1. The number of hydrogen-bond donors (Lipinski definition) is 1. The molecule has 0 bridgehead atoms. The number of fused-ring (bicyclic) bond motifs is 1. The summed E-state index contributed by atoms with van der Waals surface area (Å²) in [6.45, 7) is 3.72. The second kappa shape index (κ2) is 10.2. The van der Waals surface area contributed by atoms with Crippen molar-refractivity contribution in [2.45, 2.75) is 64.5 Å². The van der Waals surface area contributed by atoms with Gasteiger partial charge in [0.15, 0.2) is 6.61 Å². The summed E-state index contributed by atoms with van der Waals surface area (Å²) in [4.78, 5) is 52.8. The third-order valence-corrected chi connectivity index (χ3v) is 6.57. The van der Waals surface area contributed by atoms with Gasteiger partial charge in [0.25, 0.3) is 11.8 Å². The Labute approximate surface area is 193 Å². The third kappa shape index (κ3) is 5.10. The second-order valence-electron chi connectivity index (χ2n) is 8.86. The molecule has 1 N–H and O–H groups in total. The number of carbonyl (C=O) groups excluding carboxylic acids is 4. The van der Waals surface area contributed by atoms with Gasteiger partial charge in [0.1, 0.15) is 11.8 Å². The lowest BCUT2D eigenvalue weighted by atomic mass is 10.0. The number of benzene rings is 1. The van der Waals surface area contributed by atoms with Crippen LogP contribution < -0.4 is 10.1 Å². The molecule has 1 aromatic rings. The monoisotopic (exact) mass is 453 g/mol. The van der Waals surface area contributed by atoms with Crippen molar-refractivity contribution < 1.29 is 23.9 Å². The normalized spacial score (nSPS) is 22.8. The lowest BCUT2D eigenvalue weighted by molar-refractivity contribution is -0.137. The van der Waals surface area contributed by atoms with E-state index in [4.69, 9.17) is 4.74 Å². The van der Waals surface area contributed by atoms with Gasteiger partial charge in [-0.05, 0) is 44.2 Å². The highest BCUT2D eigenvalue weighted by Gasteiger charge is 2.40. The number of piperidine rings is 1. The number of ether oxygens (including phenoxy) is 1. The minimum Gasteiger partial charge on any atom is -0.483 e. The number of allylic oxidation sites excluding steroid dienone is 1. The summed E-state index contributed by atoms with van der Waals surface area (Å²) in [5, 5.41) is 2.31.